The van der Waals surface area contributed by atoms with E-state index >= 15 is 0 Å². The highest BCUT2D eigenvalue weighted by atomic mass is 35.5. The third-order valence-corrected chi connectivity index (χ3v) is 18.6. The van der Waals surface area contributed by atoms with E-state index in [1.54, 1.807) is 63.2 Å². The molecule has 5 N–H and O–H groups in total. The Morgan fingerprint density at radius 3 is 1.38 bits per heavy atom. The molecule has 0 unspecified atom stereocenters. The maximum absolute atomic E-state index is 12.9. The number of aliphatic hydroxyl groups is 2. The second-order valence-corrected chi connectivity index (χ2v) is 26.3. The van der Waals surface area contributed by atoms with Crippen LogP contribution in [0.15, 0.2) is 73.6 Å². The average Bonchev–Trinajstić information content (AvgIpc) is 2.04. The van der Waals surface area contributed by atoms with E-state index in [0.717, 1.165) is 137 Å². The number of rotatable bonds is 20. The van der Waals surface area contributed by atoms with Crippen molar-refractivity contribution in [1.82, 2.24) is 69.6 Å². The van der Waals surface area contributed by atoms with Crippen molar-refractivity contribution in [1.29, 1.82) is 0 Å². The second kappa shape index (κ2) is 33.2. The molecule has 0 spiro atoms. The summed E-state index contributed by atoms with van der Waals surface area (Å²) < 4.78 is 0. The predicted molar refractivity (Wildman–Crippen MR) is 366 cm³/mol. The number of pyridine rings is 3. The molecule has 2 saturated heterocycles. The molecule has 24 nitrogen and oxygen atoms in total. The fourth-order valence-corrected chi connectivity index (χ4v) is 13.2. The van der Waals surface area contributed by atoms with Gasteiger partial charge in [0.2, 0.25) is 0 Å². The summed E-state index contributed by atoms with van der Waals surface area (Å²) >= 11 is 16.4. The number of amides is 3. The van der Waals surface area contributed by atoms with E-state index in [-0.39, 0.29) is 30.9 Å². The Hall–Kier alpha value is -7.99. The molecule has 2 aliphatic heterocycles. The summed E-state index contributed by atoms with van der Waals surface area (Å²) in [5.41, 5.74) is 8.50. The fraction of sp³-hybridized carbons (Fsp3) is 0.391. The van der Waals surface area contributed by atoms with Gasteiger partial charge in [-0.2, -0.15) is 0 Å². The highest BCUT2D eigenvalue weighted by Gasteiger charge is 2.23. The summed E-state index contributed by atoms with van der Waals surface area (Å²) in [6.07, 6.45) is 13.5. The number of aryl methyl sites for hydroxylation is 8. The van der Waals surface area contributed by atoms with Crippen molar-refractivity contribution in [2.24, 2.45) is 0 Å². The van der Waals surface area contributed by atoms with E-state index in [1.807, 2.05) is 58.9 Å². The van der Waals surface area contributed by atoms with Gasteiger partial charge < -0.3 is 40.9 Å². The van der Waals surface area contributed by atoms with Gasteiger partial charge in [0.1, 0.15) is 43.7 Å². The van der Waals surface area contributed by atoms with Gasteiger partial charge >= 0.3 is 0 Å². The lowest BCUT2D eigenvalue weighted by atomic mass is 10.1. The number of β-amino-alcohol motifs (C(OH)–C–C–N with tert-alkyl or cyclic N) is 1. The summed E-state index contributed by atoms with van der Waals surface area (Å²) in [6, 6.07) is 11.1. The van der Waals surface area contributed by atoms with Crippen LogP contribution < -0.4 is 25.8 Å². The van der Waals surface area contributed by atoms with E-state index in [9.17, 15) is 14.4 Å². The van der Waals surface area contributed by atoms with Crippen molar-refractivity contribution in [3.8, 4) is 0 Å². The van der Waals surface area contributed by atoms with Crippen molar-refractivity contribution in [3.63, 3.8) is 0 Å². The van der Waals surface area contributed by atoms with E-state index in [4.69, 9.17) is 33.4 Å². The van der Waals surface area contributed by atoms with Gasteiger partial charge in [-0.3, -0.25) is 34.2 Å². The molecule has 93 heavy (non-hydrogen) atoms. The Bertz CT molecular complexity index is 4000. The lowest BCUT2D eigenvalue weighted by Crippen LogP contribution is -2.47. The lowest BCUT2D eigenvalue weighted by molar-refractivity contribution is 0.102. The first kappa shape index (κ1) is 69.4. The van der Waals surface area contributed by atoms with Gasteiger partial charge in [-0.1, -0.05) is 30.1 Å². The smallest absolute Gasteiger partial charge is 0.267 e. The van der Waals surface area contributed by atoms with Crippen molar-refractivity contribution < 1.29 is 24.6 Å². The van der Waals surface area contributed by atoms with Crippen molar-refractivity contribution in [2.75, 3.05) is 105 Å². The highest BCUT2D eigenvalue weighted by molar-refractivity contribution is 7.14. The highest BCUT2D eigenvalue weighted by Crippen LogP contribution is 2.29. The van der Waals surface area contributed by atoms with E-state index < -0.39 is 0 Å². The minimum atomic E-state index is -0.274. The van der Waals surface area contributed by atoms with Crippen LogP contribution in [0.2, 0.25) is 10.0 Å². The van der Waals surface area contributed by atoms with Gasteiger partial charge in [0.05, 0.1) is 101 Å². The number of nitrogens with zero attached hydrogens (tertiary/aromatic N) is 16. The predicted octanol–water partition coefficient (Wildman–Crippen LogP) is 9.02. The van der Waals surface area contributed by atoms with Crippen molar-refractivity contribution in [2.45, 2.75) is 87.0 Å². The first-order valence-electron chi connectivity index (χ1n) is 30.4. The molecular weight excluding hydrogens is 1280 g/mol. The minimum Gasteiger partial charge on any atom is -0.396 e. The number of aromatic nitrogens is 12. The third-order valence-electron chi connectivity index (χ3n) is 15.0. The zero-order valence-corrected chi connectivity index (χ0v) is 57.2. The summed E-state index contributed by atoms with van der Waals surface area (Å²) in [7, 11) is 2.13. The number of nitrogens with one attached hydrogen (secondary N) is 3. The van der Waals surface area contributed by atoms with Crippen molar-refractivity contribution in [3.05, 3.63) is 176 Å². The molecule has 2 fully saturated rings. The van der Waals surface area contributed by atoms with E-state index in [0.29, 0.717) is 91.9 Å². The molecule has 488 valence electrons. The monoisotopic (exact) mass is 1360 g/mol. The topological polar surface area (TPSA) is 295 Å². The molecule has 0 aliphatic carbocycles. The number of piperazine rings is 2. The van der Waals surface area contributed by atoms with Crippen LogP contribution >= 0.6 is 57.2 Å². The third kappa shape index (κ3) is 19.5. The lowest BCUT2D eigenvalue weighted by Gasteiger charge is -2.35. The number of thiazole rings is 3. The Morgan fingerprint density at radius 1 is 0.516 bits per heavy atom. The molecule has 0 bridgehead atoms. The molecule has 11 heterocycles. The SMILES string of the molecule is CCc1nccc(C)c1NC(=O)c1cnc(Cc2cc(N3CCN(CCO)CC3)nc(C)n2)s1.Cc1nc(CCCO)cc(Cc2ncc(C(=O)Nc3c(Cl)ccnc3C)s2)n1.Cc1nc(Cc2ncc(C(=O)Nc3c(Cl)ccnc3C)s2)cc(N2CCN(C)CC2)n1. The number of hydrogen-bond donors (Lipinski definition) is 5. The van der Waals surface area contributed by atoms with Gasteiger partial charge in [0.15, 0.2) is 0 Å². The zero-order valence-electron chi connectivity index (χ0n) is 53.2. The van der Waals surface area contributed by atoms with Crippen LogP contribution in [0.4, 0.5) is 28.7 Å². The molecule has 0 aromatic carbocycles. The first-order valence-corrected chi connectivity index (χ1v) is 33.6. The maximum Gasteiger partial charge on any atom is 0.267 e. The second-order valence-electron chi connectivity index (χ2n) is 22.2. The minimum absolute atomic E-state index is 0.129. The van der Waals surface area contributed by atoms with Gasteiger partial charge in [-0.05, 0) is 97.7 Å². The van der Waals surface area contributed by atoms with E-state index in [1.165, 1.54) is 34.0 Å². The number of carbonyl (C=O) groups excluding carboxylic acids is 3. The number of anilines is 5. The quantitative estimate of drug-likeness (QED) is 0.0475. The zero-order chi connectivity index (χ0) is 66.1. The number of carbonyl (C=O) groups is 3. The molecule has 9 aromatic heterocycles. The number of halogens is 2. The van der Waals surface area contributed by atoms with Crippen LogP contribution in [0.25, 0.3) is 0 Å². The molecule has 0 radical (unpaired) electrons. The average molecular weight is 1360 g/mol. The summed E-state index contributed by atoms with van der Waals surface area (Å²) in [6.45, 7) is 21.7. The van der Waals surface area contributed by atoms with E-state index in [2.05, 4.69) is 102 Å². The molecular formula is C64H75Cl2N19O5S3. The van der Waals surface area contributed by atoms with Crippen LogP contribution in [-0.2, 0) is 32.1 Å². The van der Waals surface area contributed by atoms with Gasteiger partial charge in [0, 0.05) is 121 Å². The maximum atomic E-state index is 12.9. The molecule has 11 rings (SSSR count). The standard InChI is InChI=1S/C24H31N7O2S.C21H24ClN7OS.C19H20ClN5O2S/c1-4-19-23(16(2)5-6-25-19)29-24(33)20-15-26-22(34-20)14-18-13-21(28-17(3)27-18)31-9-7-30(8-10-31)11-12-32;1-13-20(16(22)4-5-23-13)27-21(30)17-12-24-19(31-17)11-15-10-18(26-14(2)25-15)29-8-6-28(3)7-9-29;1-11-18(15(20)5-6-21-11)25-19(27)16-10-22-17(28-16)9-14-8-13(4-3-7-26)23-12(2)24-14/h5-6,13,15,32H,4,7-12,14H2,1-3H3,(H,29,33);4-5,10,12H,6-9,11H2,1-3H3,(H,27,30);5-6,8,10,26H,3-4,7,9H2,1-2H3,(H,25,27). The molecule has 3 amide bonds. The fourth-order valence-electron chi connectivity index (χ4n) is 10.2. The van der Waals surface area contributed by atoms with Crippen LogP contribution in [0, 0.1) is 41.5 Å². The Labute approximate surface area is 562 Å². The Kier molecular flexibility index (Phi) is 24.8. The number of likely N-dealkylation sites (N-methyl/N-ethyl adjacent to an activating group) is 1. The summed E-state index contributed by atoms with van der Waals surface area (Å²) in [5, 5.41) is 30.1. The molecule has 0 atom stereocenters. The molecule has 2 aliphatic rings. The summed E-state index contributed by atoms with van der Waals surface area (Å²) in [5.74, 6) is 3.31. The Balaban J connectivity index is 0.000000165. The van der Waals surface area contributed by atoms with Crippen molar-refractivity contribution >= 4 is 104 Å². The normalized spacial score (nSPS) is 13.4. The molecule has 29 heteroatoms. The van der Waals surface area contributed by atoms with Crippen LogP contribution in [0.3, 0.4) is 0 Å². The van der Waals surface area contributed by atoms with Gasteiger partial charge in [-0.15, -0.1) is 34.0 Å². The van der Waals surface area contributed by atoms with Crippen LogP contribution in [0.5, 0.6) is 0 Å². The summed E-state index contributed by atoms with van der Waals surface area (Å²) in [4.78, 5) is 102. The van der Waals surface area contributed by atoms with Crippen LogP contribution in [0.1, 0.15) is 120 Å². The Morgan fingerprint density at radius 2 is 0.935 bits per heavy atom. The number of aliphatic hydroxyl groups excluding tert-OH is 2. The first-order chi connectivity index (χ1) is 44.8. The largest absolute Gasteiger partial charge is 0.396 e. The van der Waals surface area contributed by atoms with Gasteiger partial charge in [0.25, 0.3) is 17.7 Å². The van der Waals surface area contributed by atoms with Gasteiger partial charge in [-0.25, -0.2) is 44.9 Å². The number of hydrogen-bond acceptors (Lipinski definition) is 24. The molecule has 0 saturated carbocycles. The van der Waals surface area contributed by atoms with Crippen LogP contribution in [-0.4, -0.2) is 177 Å². The molecule has 9 aromatic rings.